The van der Waals surface area contributed by atoms with Crippen molar-refractivity contribution in [1.82, 2.24) is 4.98 Å². The molecule has 104 valence electrons. The van der Waals surface area contributed by atoms with Crippen molar-refractivity contribution in [3.05, 3.63) is 24.0 Å². The average Bonchev–Trinajstić information content (AvgIpc) is 2.38. The Morgan fingerprint density at radius 3 is 2.37 bits per heavy atom. The van der Waals surface area contributed by atoms with E-state index in [1.165, 1.54) is 0 Å². The fourth-order valence-electron chi connectivity index (χ4n) is 2.40. The van der Waals surface area contributed by atoms with Gasteiger partial charge in [-0.1, -0.05) is 20.8 Å². The Morgan fingerprint density at radius 2 is 1.95 bits per heavy atom. The number of aromatic nitrogens is 1. The van der Waals surface area contributed by atoms with Crippen LogP contribution in [0.15, 0.2) is 18.3 Å². The first kappa shape index (κ1) is 13.8. The maximum Gasteiger partial charge on any atom is 0.306 e. The van der Waals surface area contributed by atoms with E-state index in [2.05, 4.69) is 42.8 Å². The first-order valence-electron chi connectivity index (χ1n) is 6.82. The van der Waals surface area contributed by atoms with E-state index >= 15 is 0 Å². The minimum Gasteiger partial charge on any atom is -0.481 e. The van der Waals surface area contributed by atoms with Gasteiger partial charge in [-0.2, -0.15) is 0 Å². The van der Waals surface area contributed by atoms with Crippen LogP contribution in [0.1, 0.15) is 39.3 Å². The summed E-state index contributed by atoms with van der Waals surface area (Å²) < 4.78 is 0. The molecule has 0 aromatic carbocycles. The zero-order valence-corrected chi connectivity index (χ0v) is 11.9. The zero-order chi connectivity index (χ0) is 14.0. The highest BCUT2D eigenvalue weighted by Crippen LogP contribution is 2.25. The van der Waals surface area contributed by atoms with Crippen LogP contribution in [0, 0.1) is 5.92 Å². The summed E-state index contributed by atoms with van der Waals surface area (Å²) in [5.74, 6) is -0.848. The fraction of sp³-hybridized carbons (Fsp3) is 0.600. The number of rotatable bonds is 2. The lowest BCUT2D eigenvalue weighted by Crippen LogP contribution is -2.36. The maximum atomic E-state index is 10.9. The molecular weight excluding hydrogens is 240 g/mol. The number of hydrogen-bond donors (Lipinski definition) is 1. The second-order valence-corrected chi connectivity index (χ2v) is 6.25. The molecule has 0 amide bonds. The molecule has 0 aliphatic carbocycles. The van der Waals surface area contributed by atoms with Crippen molar-refractivity contribution >= 4 is 11.7 Å². The van der Waals surface area contributed by atoms with E-state index in [1.807, 2.05) is 6.20 Å². The first-order valence-corrected chi connectivity index (χ1v) is 6.82. The molecule has 1 N–H and O–H groups in total. The molecule has 0 bridgehead atoms. The number of carbonyl (C=O) groups is 1. The number of hydrogen-bond acceptors (Lipinski definition) is 3. The van der Waals surface area contributed by atoms with Gasteiger partial charge in [0.15, 0.2) is 0 Å². The summed E-state index contributed by atoms with van der Waals surface area (Å²) in [6, 6.07) is 4.16. The third-order valence-corrected chi connectivity index (χ3v) is 3.73. The Balaban J connectivity index is 2.02. The molecule has 1 aromatic heterocycles. The molecule has 1 aromatic rings. The predicted molar refractivity (Wildman–Crippen MR) is 75.5 cm³/mol. The molecule has 1 aliphatic rings. The van der Waals surface area contributed by atoms with Gasteiger partial charge in [-0.15, -0.1) is 0 Å². The molecule has 0 spiro atoms. The van der Waals surface area contributed by atoms with Crippen molar-refractivity contribution in [2.24, 2.45) is 5.92 Å². The number of aliphatic carboxylic acids is 1. The monoisotopic (exact) mass is 262 g/mol. The van der Waals surface area contributed by atoms with Crippen LogP contribution < -0.4 is 4.90 Å². The van der Waals surface area contributed by atoms with E-state index in [9.17, 15) is 4.79 Å². The second-order valence-electron chi connectivity index (χ2n) is 6.25. The molecule has 2 rings (SSSR count). The molecule has 0 saturated carbocycles. The number of carboxylic acid groups (broad SMARTS) is 1. The van der Waals surface area contributed by atoms with Crippen LogP contribution in [0.25, 0.3) is 0 Å². The summed E-state index contributed by atoms with van der Waals surface area (Å²) >= 11 is 0. The topological polar surface area (TPSA) is 53.4 Å². The first-order chi connectivity index (χ1) is 8.88. The average molecular weight is 262 g/mol. The summed E-state index contributed by atoms with van der Waals surface area (Å²) in [7, 11) is 0. The Kier molecular flexibility index (Phi) is 3.78. The molecule has 1 saturated heterocycles. The normalized spacial score (nSPS) is 17.5. The summed E-state index contributed by atoms with van der Waals surface area (Å²) in [5, 5.41) is 8.99. The molecule has 0 radical (unpaired) electrons. The lowest BCUT2D eigenvalue weighted by atomic mass is 9.91. The quantitative estimate of drug-likeness (QED) is 0.890. The van der Waals surface area contributed by atoms with E-state index in [4.69, 9.17) is 5.11 Å². The predicted octanol–water partition coefficient (Wildman–Crippen LogP) is 2.68. The lowest BCUT2D eigenvalue weighted by Gasteiger charge is -2.32. The Hall–Kier alpha value is -1.58. The van der Waals surface area contributed by atoms with Gasteiger partial charge in [0.1, 0.15) is 0 Å². The van der Waals surface area contributed by atoms with Gasteiger partial charge in [-0.05, 0) is 25.0 Å². The molecule has 0 unspecified atom stereocenters. The fourth-order valence-corrected chi connectivity index (χ4v) is 2.40. The minimum atomic E-state index is -0.666. The molecule has 2 heterocycles. The van der Waals surface area contributed by atoms with Crippen molar-refractivity contribution < 1.29 is 9.90 Å². The SMILES string of the molecule is CC(C)(C)c1ccc(N2CCC(C(=O)O)CC2)cn1. The van der Waals surface area contributed by atoms with Gasteiger partial charge < -0.3 is 10.0 Å². The van der Waals surface area contributed by atoms with Crippen LogP contribution in [-0.2, 0) is 10.2 Å². The van der Waals surface area contributed by atoms with Crippen LogP contribution in [0.3, 0.4) is 0 Å². The van der Waals surface area contributed by atoms with Crippen LogP contribution >= 0.6 is 0 Å². The van der Waals surface area contributed by atoms with Crippen LogP contribution in [0.4, 0.5) is 5.69 Å². The van der Waals surface area contributed by atoms with Gasteiger partial charge in [0.05, 0.1) is 17.8 Å². The molecule has 4 heteroatoms. The number of nitrogens with zero attached hydrogens (tertiary/aromatic N) is 2. The molecule has 1 aliphatic heterocycles. The van der Waals surface area contributed by atoms with Crippen molar-refractivity contribution in [2.75, 3.05) is 18.0 Å². The minimum absolute atomic E-state index is 0.0643. The van der Waals surface area contributed by atoms with Crippen molar-refractivity contribution in [3.8, 4) is 0 Å². The third-order valence-electron chi connectivity index (χ3n) is 3.73. The molecule has 0 atom stereocenters. The van der Waals surface area contributed by atoms with Crippen LogP contribution in [0.5, 0.6) is 0 Å². The van der Waals surface area contributed by atoms with Gasteiger partial charge in [0.2, 0.25) is 0 Å². The largest absolute Gasteiger partial charge is 0.481 e. The van der Waals surface area contributed by atoms with E-state index in [-0.39, 0.29) is 11.3 Å². The van der Waals surface area contributed by atoms with E-state index in [0.29, 0.717) is 0 Å². The highest BCUT2D eigenvalue weighted by molar-refractivity contribution is 5.70. The van der Waals surface area contributed by atoms with Gasteiger partial charge in [0.25, 0.3) is 0 Å². The molecular formula is C15H22N2O2. The van der Waals surface area contributed by atoms with Gasteiger partial charge in [0, 0.05) is 24.2 Å². The Labute approximate surface area is 114 Å². The number of anilines is 1. The lowest BCUT2D eigenvalue weighted by molar-refractivity contribution is -0.142. The summed E-state index contributed by atoms with van der Waals surface area (Å²) in [6.45, 7) is 8.04. The van der Waals surface area contributed by atoms with E-state index in [1.54, 1.807) is 0 Å². The van der Waals surface area contributed by atoms with Gasteiger partial charge in [-0.3, -0.25) is 9.78 Å². The summed E-state index contributed by atoms with van der Waals surface area (Å²) in [4.78, 5) is 17.7. The van der Waals surface area contributed by atoms with Crippen LogP contribution in [0.2, 0.25) is 0 Å². The summed E-state index contributed by atoms with van der Waals surface area (Å²) in [5.41, 5.74) is 2.24. The van der Waals surface area contributed by atoms with Crippen molar-refractivity contribution in [3.63, 3.8) is 0 Å². The highest BCUT2D eigenvalue weighted by Gasteiger charge is 2.25. The maximum absolute atomic E-state index is 10.9. The van der Waals surface area contributed by atoms with Crippen molar-refractivity contribution in [1.29, 1.82) is 0 Å². The van der Waals surface area contributed by atoms with Gasteiger partial charge in [-0.25, -0.2) is 0 Å². The molecule has 1 fully saturated rings. The molecule has 4 nitrogen and oxygen atoms in total. The second kappa shape index (κ2) is 5.19. The number of piperidine rings is 1. The Bertz CT molecular complexity index is 440. The van der Waals surface area contributed by atoms with Gasteiger partial charge >= 0.3 is 5.97 Å². The molecule has 19 heavy (non-hydrogen) atoms. The van der Waals surface area contributed by atoms with E-state index in [0.717, 1.165) is 37.3 Å². The van der Waals surface area contributed by atoms with E-state index < -0.39 is 5.97 Å². The standard InChI is InChI=1S/C15H22N2O2/c1-15(2,3)13-5-4-12(10-16-13)17-8-6-11(7-9-17)14(18)19/h4-5,10-11H,6-9H2,1-3H3,(H,18,19). The zero-order valence-electron chi connectivity index (χ0n) is 11.9. The summed E-state index contributed by atoms with van der Waals surface area (Å²) in [6.07, 6.45) is 3.34. The van der Waals surface area contributed by atoms with Crippen LogP contribution in [-0.4, -0.2) is 29.1 Å². The number of carboxylic acids is 1. The third kappa shape index (κ3) is 3.25. The number of pyridine rings is 1. The Morgan fingerprint density at radius 1 is 1.32 bits per heavy atom. The smallest absolute Gasteiger partial charge is 0.306 e. The van der Waals surface area contributed by atoms with Crippen molar-refractivity contribution in [2.45, 2.75) is 39.0 Å². The highest BCUT2D eigenvalue weighted by atomic mass is 16.4.